The molecule has 1 atom stereocenters. The van der Waals surface area contributed by atoms with E-state index in [1.165, 1.54) is 22.6 Å². The number of ether oxygens (including phenoxy) is 1. The van der Waals surface area contributed by atoms with Gasteiger partial charge in [0.25, 0.3) is 5.91 Å². The minimum absolute atomic E-state index is 0.102. The number of nitrogens with one attached hydrogen (secondary N) is 1. The number of esters is 1. The molecule has 2 fully saturated rings. The van der Waals surface area contributed by atoms with Crippen molar-refractivity contribution in [2.75, 3.05) is 24.6 Å². The van der Waals surface area contributed by atoms with Crippen LogP contribution in [-0.4, -0.2) is 60.2 Å². The number of hydrogen-bond acceptors (Lipinski definition) is 7. The monoisotopic (exact) mass is 603 g/mol. The maximum absolute atomic E-state index is 13.1. The third-order valence-electron chi connectivity index (χ3n) is 7.28. The van der Waals surface area contributed by atoms with Crippen molar-refractivity contribution in [1.82, 2.24) is 10.2 Å². The number of benzene rings is 3. The predicted octanol–water partition coefficient (Wildman–Crippen LogP) is 4.37. The molecule has 2 aliphatic heterocycles. The molecule has 3 aromatic carbocycles. The molecule has 0 bridgehead atoms. The Bertz CT molecular complexity index is 1370. The second-order valence-corrected chi connectivity index (χ2v) is 11.0. The van der Waals surface area contributed by atoms with Crippen molar-refractivity contribution >= 4 is 45.2 Å². The van der Waals surface area contributed by atoms with Crippen molar-refractivity contribution in [2.45, 2.75) is 37.9 Å². The van der Waals surface area contributed by atoms with Crippen LogP contribution in [-0.2, 0) is 20.9 Å². The Morgan fingerprint density at radius 2 is 1.52 bits per heavy atom. The summed E-state index contributed by atoms with van der Waals surface area (Å²) in [6, 6.07) is 22.8. The van der Waals surface area contributed by atoms with Crippen molar-refractivity contribution in [3.05, 3.63) is 100 Å². The van der Waals surface area contributed by atoms with E-state index in [1.54, 1.807) is 36.4 Å². The van der Waals surface area contributed by atoms with Gasteiger partial charge in [0, 0.05) is 22.6 Å². The molecule has 1 N–H and O–H groups in total. The number of rotatable bonds is 9. The third kappa shape index (κ3) is 6.72. The summed E-state index contributed by atoms with van der Waals surface area (Å²) in [5.41, 5.74) is 2.36. The number of carbonyl (C=O) groups excluding carboxylic acids is 4. The van der Waals surface area contributed by atoms with E-state index < -0.39 is 12.0 Å². The van der Waals surface area contributed by atoms with Crippen LogP contribution in [0.1, 0.15) is 45.5 Å². The van der Waals surface area contributed by atoms with Crippen LogP contribution in [0.25, 0.3) is 0 Å². The average Bonchev–Trinajstić information content (AvgIpc) is 3.25. The van der Waals surface area contributed by atoms with Crippen LogP contribution in [0.4, 0.5) is 5.69 Å². The van der Waals surface area contributed by atoms with Gasteiger partial charge in [0.15, 0.2) is 12.4 Å². The number of imide groups is 1. The number of Topliss-reactive ketones (excluding diaryl/α,β-unsaturated/α-hetero) is 1. The van der Waals surface area contributed by atoms with E-state index >= 15 is 0 Å². The van der Waals surface area contributed by atoms with Gasteiger partial charge in [-0.15, -0.1) is 0 Å². The Hall–Kier alpha value is -3.66. The van der Waals surface area contributed by atoms with Gasteiger partial charge in [-0.2, -0.15) is 0 Å². The standard InChI is InChI=1S/C31H30BrN3O5/c32-24-10-6-22(7-11-24)28(36)20-40-31(39)23-8-12-26(13-9-23)35-29(37)18-27(30(35)38)33-25-14-16-34(17-15-25)19-21-4-2-1-3-5-21/h1-13,25,27,33H,14-20H2. The van der Waals surface area contributed by atoms with Crippen molar-refractivity contribution in [3.8, 4) is 0 Å². The summed E-state index contributed by atoms with van der Waals surface area (Å²) < 4.78 is 6.01. The molecule has 2 amide bonds. The van der Waals surface area contributed by atoms with Gasteiger partial charge >= 0.3 is 5.97 Å². The molecule has 9 heteroatoms. The highest BCUT2D eigenvalue weighted by Gasteiger charge is 2.40. The summed E-state index contributed by atoms with van der Waals surface area (Å²) in [5, 5.41) is 3.41. The lowest BCUT2D eigenvalue weighted by molar-refractivity contribution is -0.121. The number of nitrogens with zero attached hydrogens (tertiary/aromatic N) is 2. The molecule has 3 aromatic rings. The maximum atomic E-state index is 13.1. The fraction of sp³-hybridized carbons (Fsp3) is 0.290. The minimum atomic E-state index is -0.658. The number of likely N-dealkylation sites (tertiary alicyclic amines) is 1. The molecule has 0 aliphatic carbocycles. The fourth-order valence-electron chi connectivity index (χ4n) is 5.10. The van der Waals surface area contributed by atoms with Gasteiger partial charge in [-0.05, 0) is 67.9 Å². The molecule has 0 saturated carbocycles. The van der Waals surface area contributed by atoms with Crippen molar-refractivity contribution in [1.29, 1.82) is 0 Å². The first-order valence-corrected chi connectivity index (χ1v) is 14.1. The number of carbonyl (C=O) groups is 4. The Balaban J connectivity index is 1.11. The zero-order valence-electron chi connectivity index (χ0n) is 21.9. The van der Waals surface area contributed by atoms with Crippen LogP contribution in [0, 0.1) is 0 Å². The molecular formula is C31H30BrN3O5. The van der Waals surface area contributed by atoms with Gasteiger partial charge in [-0.25, -0.2) is 9.69 Å². The Labute approximate surface area is 241 Å². The summed E-state index contributed by atoms with van der Waals surface area (Å²) in [6.07, 6.45) is 1.92. The second kappa shape index (κ2) is 12.7. The second-order valence-electron chi connectivity index (χ2n) is 10.1. The van der Waals surface area contributed by atoms with E-state index in [-0.39, 0.29) is 42.2 Å². The van der Waals surface area contributed by atoms with Gasteiger partial charge in [0.05, 0.1) is 23.7 Å². The SMILES string of the molecule is O=C(COC(=O)c1ccc(N2C(=O)CC(NC3CCN(Cc4ccccc4)CC3)C2=O)cc1)c1ccc(Br)cc1. The molecule has 8 nitrogen and oxygen atoms in total. The van der Waals surface area contributed by atoms with Crippen LogP contribution in [0.2, 0.25) is 0 Å². The fourth-order valence-corrected chi connectivity index (χ4v) is 5.36. The summed E-state index contributed by atoms with van der Waals surface area (Å²) in [4.78, 5) is 54.2. The highest BCUT2D eigenvalue weighted by Crippen LogP contribution is 2.25. The van der Waals surface area contributed by atoms with Crippen LogP contribution in [0.3, 0.4) is 0 Å². The number of ketones is 1. The molecular weight excluding hydrogens is 574 g/mol. The number of hydrogen-bond donors (Lipinski definition) is 1. The predicted molar refractivity (Wildman–Crippen MR) is 154 cm³/mol. The Morgan fingerprint density at radius 1 is 0.875 bits per heavy atom. The number of halogens is 1. The summed E-state index contributed by atoms with van der Waals surface area (Å²) in [7, 11) is 0. The lowest BCUT2D eigenvalue weighted by atomic mass is 10.0. The average molecular weight is 605 g/mol. The minimum Gasteiger partial charge on any atom is -0.454 e. The first kappa shape index (κ1) is 27.9. The topological polar surface area (TPSA) is 96.0 Å². The van der Waals surface area contributed by atoms with Gasteiger partial charge in [0.1, 0.15) is 0 Å². The first-order valence-electron chi connectivity index (χ1n) is 13.3. The highest BCUT2D eigenvalue weighted by atomic mass is 79.9. The molecule has 40 heavy (non-hydrogen) atoms. The van der Waals surface area contributed by atoms with Gasteiger partial charge in [-0.3, -0.25) is 19.3 Å². The maximum Gasteiger partial charge on any atom is 0.338 e. The molecule has 5 rings (SSSR count). The largest absolute Gasteiger partial charge is 0.454 e. The van der Waals surface area contributed by atoms with Crippen LogP contribution < -0.4 is 10.2 Å². The first-order chi connectivity index (χ1) is 19.4. The molecule has 2 heterocycles. The van der Waals surface area contributed by atoms with E-state index in [1.807, 2.05) is 18.2 Å². The molecule has 206 valence electrons. The van der Waals surface area contributed by atoms with E-state index in [2.05, 4.69) is 38.3 Å². The highest BCUT2D eigenvalue weighted by molar-refractivity contribution is 9.10. The Morgan fingerprint density at radius 3 is 2.20 bits per heavy atom. The van der Waals surface area contributed by atoms with E-state index in [0.29, 0.717) is 11.3 Å². The van der Waals surface area contributed by atoms with E-state index in [9.17, 15) is 19.2 Å². The smallest absolute Gasteiger partial charge is 0.338 e. The summed E-state index contributed by atoms with van der Waals surface area (Å²) in [6.45, 7) is 2.38. The van der Waals surface area contributed by atoms with Crippen molar-refractivity contribution in [2.24, 2.45) is 0 Å². The van der Waals surface area contributed by atoms with E-state index in [0.717, 1.165) is 36.9 Å². The van der Waals surface area contributed by atoms with Crippen LogP contribution in [0.15, 0.2) is 83.3 Å². The third-order valence-corrected chi connectivity index (χ3v) is 7.81. The van der Waals surface area contributed by atoms with Crippen molar-refractivity contribution < 1.29 is 23.9 Å². The van der Waals surface area contributed by atoms with Gasteiger partial charge < -0.3 is 10.1 Å². The van der Waals surface area contributed by atoms with Crippen molar-refractivity contribution in [3.63, 3.8) is 0 Å². The summed E-state index contributed by atoms with van der Waals surface area (Å²) >= 11 is 3.31. The molecule has 2 saturated heterocycles. The van der Waals surface area contributed by atoms with Crippen LogP contribution >= 0.6 is 15.9 Å². The normalized spacial score (nSPS) is 18.2. The zero-order valence-corrected chi connectivity index (χ0v) is 23.5. The Kier molecular flexibility index (Phi) is 8.84. The molecule has 0 radical (unpaired) electrons. The lowest BCUT2D eigenvalue weighted by Crippen LogP contribution is -2.48. The molecule has 0 spiro atoms. The number of amides is 2. The van der Waals surface area contributed by atoms with E-state index in [4.69, 9.17) is 4.74 Å². The number of piperidine rings is 1. The molecule has 1 unspecified atom stereocenters. The molecule has 2 aliphatic rings. The quantitative estimate of drug-likeness (QED) is 0.220. The zero-order chi connectivity index (χ0) is 28.1. The summed E-state index contributed by atoms with van der Waals surface area (Å²) in [5.74, 6) is -1.54. The number of anilines is 1. The lowest BCUT2D eigenvalue weighted by Gasteiger charge is -2.33. The van der Waals surface area contributed by atoms with Crippen LogP contribution in [0.5, 0.6) is 0 Å². The van der Waals surface area contributed by atoms with Gasteiger partial charge in [0.2, 0.25) is 5.91 Å². The molecule has 0 aromatic heterocycles. The van der Waals surface area contributed by atoms with Gasteiger partial charge in [-0.1, -0.05) is 58.4 Å².